The first-order valence-corrected chi connectivity index (χ1v) is 10.2. The second-order valence-electron chi connectivity index (χ2n) is 5.72. The zero-order valence-corrected chi connectivity index (χ0v) is 16.1. The summed E-state index contributed by atoms with van der Waals surface area (Å²) in [6, 6.07) is 0. The predicted octanol–water partition coefficient (Wildman–Crippen LogP) is 2.88. The van der Waals surface area contributed by atoms with E-state index in [9.17, 15) is 43.2 Å². The van der Waals surface area contributed by atoms with Crippen LogP contribution in [0.15, 0.2) is 12.4 Å². The number of alkyl halides is 6. The van der Waals surface area contributed by atoms with Gasteiger partial charge in [-0.2, -0.15) is 26.3 Å². The molecule has 27 heavy (non-hydrogen) atoms. The third-order valence-corrected chi connectivity index (χ3v) is 5.69. The van der Waals surface area contributed by atoms with Crippen molar-refractivity contribution in [3.05, 3.63) is 22.3 Å². The minimum Gasteiger partial charge on any atom is -0.421 e. The number of hydrogen-bond donors (Lipinski definition) is 1. The smallest absolute Gasteiger partial charge is 0.421 e. The summed E-state index contributed by atoms with van der Waals surface area (Å²) in [5, 5.41) is 0. The van der Waals surface area contributed by atoms with E-state index >= 15 is 0 Å². The number of H-pyrrole nitrogens is 1. The fourth-order valence-corrected chi connectivity index (χ4v) is 3.29. The van der Waals surface area contributed by atoms with Crippen LogP contribution in [0.2, 0.25) is 0 Å². The minimum absolute atomic E-state index is 0.778. The van der Waals surface area contributed by atoms with Crippen LogP contribution in [0.1, 0.15) is 32.5 Å². The van der Waals surface area contributed by atoms with Crippen LogP contribution in [0.5, 0.6) is 0 Å². The SMILES string of the molecule is CC(C)CCCc1[nH]cc[n+]1C.O=S(=O)([N-]S(=O)(=O)C(F)(F)F)C(F)(F)F. The quantitative estimate of drug-likeness (QED) is 0.535. The highest BCUT2D eigenvalue weighted by Crippen LogP contribution is 2.36. The monoisotopic (exact) mass is 447 g/mol. The molecule has 0 atom stereocenters. The van der Waals surface area contributed by atoms with Crippen molar-refractivity contribution in [3.63, 3.8) is 0 Å². The molecule has 1 heterocycles. The van der Waals surface area contributed by atoms with Gasteiger partial charge in [0.05, 0.1) is 7.05 Å². The van der Waals surface area contributed by atoms with Crippen molar-refractivity contribution in [2.24, 2.45) is 13.0 Å². The van der Waals surface area contributed by atoms with Gasteiger partial charge in [-0.15, -0.1) is 0 Å². The maximum atomic E-state index is 11.4. The summed E-state index contributed by atoms with van der Waals surface area (Å²) >= 11 is 0. The van der Waals surface area contributed by atoms with Crippen LogP contribution < -0.4 is 4.57 Å². The molecule has 0 saturated carbocycles. The summed E-state index contributed by atoms with van der Waals surface area (Å²) in [5.74, 6) is 2.15. The molecule has 15 heteroatoms. The van der Waals surface area contributed by atoms with E-state index < -0.39 is 31.1 Å². The fourth-order valence-electron chi connectivity index (χ4n) is 1.58. The highest BCUT2D eigenvalue weighted by atomic mass is 32.3. The van der Waals surface area contributed by atoms with Crippen molar-refractivity contribution in [1.82, 2.24) is 4.98 Å². The van der Waals surface area contributed by atoms with Crippen molar-refractivity contribution >= 4 is 20.0 Å². The molecule has 0 aliphatic rings. The van der Waals surface area contributed by atoms with Crippen LogP contribution in [-0.2, 0) is 33.5 Å². The third-order valence-electron chi connectivity index (χ3n) is 2.95. The van der Waals surface area contributed by atoms with E-state index in [1.165, 1.54) is 25.1 Å². The summed E-state index contributed by atoms with van der Waals surface area (Å²) in [5.41, 5.74) is -12.4. The van der Waals surface area contributed by atoms with Crippen molar-refractivity contribution < 1.29 is 47.7 Å². The van der Waals surface area contributed by atoms with E-state index in [1.54, 1.807) is 0 Å². The topological polar surface area (TPSA) is 102 Å². The Morgan fingerprint density at radius 3 is 1.78 bits per heavy atom. The number of aromatic amines is 1. The fraction of sp³-hybridized carbons (Fsp3) is 0.750. The first kappa shape index (κ1) is 25.6. The first-order valence-electron chi connectivity index (χ1n) is 7.29. The Balaban J connectivity index is 0.000000511. The van der Waals surface area contributed by atoms with Crippen LogP contribution in [0.25, 0.3) is 4.13 Å². The molecule has 0 unspecified atom stereocenters. The third kappa shape index (κ3) is 8.47. The van der Waals surface area contributed by atoms with Gasteiger partial charge < -0.3 is 4.13 Å². The molecule has 160 valence electrons. The number of halogens is 6. The lowest BCUT2D eigenvalue weighted by molar-refractivity contribution is -0.677. The zero-order chi connectivity index (χ0) is 21.7. The lowest BCUT2D eigenvalue weighted by Gasteiger charge is -2.22. The predicted molar refractivity (Wildman–Crippen MR) is 83.1 cm³/mol. The van der Waals surface area contributed by atoms with Gasteiger partial charge in [0.25, 0.3) is 5.82 Å². The van der Waals surface area contributed by atoms with E-state index in [0.717, 1.165) is 10.0 Å². The molecule has 7 nitrogen and oxygen atoms in total. The number of aryl methyl sites for hydroxylation is 2. The number of imidazole rings is 1. The van der Waals surface area contributed by atoms with Crippen LogP contribution in [-0.4, -0.2) is 32.8 Å². The molecule has 1 aromatic rings. The molecule has 0 spiro atoms. The molecule has 0 radical (unpaired) electrons. The van der Waals surface area contributed by atoms with Crippen LogP contribution in [0.4, 0.5) is 26.3 Å². The second-order valence-corrected chi connectivity index (χ2v) is 9.14. The average Bonchev–Trinajstić information content (AvgIpc) is 2.81. The van der Waals surface area contributed by atoms with E-state index in [1.807, 2.05) is 6.20 Å². The highest BCUT2D eigenvalue weighted by Gasteiger charge is 2.46. The first-order chi connectivity index (χ1) is 11.9. The molecule has 1 N–H and O–H groups in total. The number of hydrogen-bond acceptors (Lipinski definition) is 4. The number of rotatable bonds is 6. The molecule has 1 aromatic heterocycles. The van der Waals surface area contributed by atoms with Crippen molar-refractivity contribution in [1.29, 1.82) is 0 Å². The number of nitrogens with zero attached hydrogens (tertiary/aromatic N) is 2. The number of nitrogens with one attached hydrogen (secondary N) is 1. The zero-order valence-electron chi connectivity index (χ0n) is 14.5. The second kappa shape index (κ2) is 9.23. The largest absolute Gasteiger partial charge is 0.480 e. The van der Waals surface area contributed by atoms with Crippen LogP contribution >= 0.6 is 0 Å². The Labute approximate surface area is 152 Å². The van der Waals surface area contributed by atoms with Gasteiger partial charge in [-0.1, -0.05) is 20.3 Å². The van der Waals surface area contributed by atoms with E-state index in [0.29, 0.717) is 0 Å². The van der Waals surface area contributed by atoms with Crippen LogP contribution in [0.3, 0.4) is 0 Å². The molecule has 0 aliphatic heterocycles. The van der Waals surface area contributed by atoms with Gasteiger partial charge in [-0.05, 0) is 12.3 Å². The number of aromatic nitrogens is 2. The van der Waals surface area contributed by atoms with Gasteiger partial charge in [0, 0.05) is 6.42 Å². The Kier molecular flexibility index (Phi) is 8.77. The normalized spacial score (nSPS) is 13.4. The summed E-state index contributed by atoms with van der Waals surface area (Å²) < 4.78 is 111. The molecule has 0 aromatic carbocycles. The van der Waals surface area contributed by atoms with Gasteiger partial charge in [0.2, 0.25) is 0 Å². The van der Waals surface area contributed by atoms with E-state index in [2.05, 4.69) is 36.6 Å². The maximum Gasteiger partial charge on any atom is 0.480 e. The molecule has 0 bridgehead atoms. The minimum atomic E-state index is -6.72. The Hall–Kier alpha value is -1.35. The van der Waals surface area contributed by atoms with Crippen molar-refractivity contribution in [2.75, 3.05) is 0 Å². The Morgan fingerprint density at radius 1 is 1.04 bits per heavy atom. The summed E-state index contributed by atoms with van der Waals surface area (Å²) in [4.78, 5) is 3.24. The average molecular weight is 447 g/mol. The summed E-state index contributed by atoms with van der Waals surface area (Å²) in [6.45, 7) is 4.55. The molecule has 0 saturated heterocycles. The Morgan fingerprint density at radius 2 is 1.48 bits per heavy atom. The van der Waals surface area contributed by atoms with Gasteiger partial charge in [0.1, 0.15) is 12.4 Å². The molecule has 1 rings (SSSR count). The standard InChI is InChI=1S/C10H18N2.C2F6NO4S2/c1-9(2)5-4-6-10-11-7-8-12(10)3;3-1(4,5)14(10,11)9-15(12,13)2(6,7)8/h7-9H,4-6H2,1-3H3;/q;-1/p+1. The molecular formula is C12H19F6N3O4S2. The van der Waals surface area contributed by atoms with Gasteiger partial charge >= 0.3 is 11.0 Å². The molecule has 0 amide bonds. The molecular weight excluding hydrogens is 428 g/mol. The lowest BCUT2D eigenvalue weighted by atomic mass is 10.1. The summed E-state index contributed by atoms with van der Waals surface area (Å²) in [7, 11) is -11.4. The highest BCUT2D eigenvalue weighted by molar-refractivity contribution is 8.13. The van der Waals surface area contributed by atoms with Gasteiger partial charge in [-0.25, -0.2) is 26.4 Å². The maximum absolute atomic E-state index is 11.4. The number of sulfonamides is 2. The van der Waals surface area contributed by atoms with Crippen molar-refractivity contribution in [2.45, 2.75) is 44.1 Å². The van der Waals surface area contributed by atoms with Gasteiger partial charge in [-0.3, -0.25) is 0 Å². The van der Waals surface area contributed by atoms with Gasteiger partial charge in [0.15, 0.2) is 20.0 Å². The lowest BCUT2D eigenvalue weighted by Crippen LogP contribution is -2.30. The van der Waals surface area contributed by atoms with E-state index in [4.69, 9.17) is 0 Å². The Bertz CT molecular complexity index is 756. The van der Waals surface area contributed by atoms with Crippen molar-refractivity contribution in [3.8, 4) is 0 Å². The summed E-state index contributed by atoms with van der Waals surface area (Å²) in [6.07, 6.45) is 7.82. The van der Waals surface area contributed by atoms with Crippen LogP contribution in [0, 0.1) is 5.92 Å². The molecule has 0 aliphatic carbocycles. The molecule has 0 fully saturated rings. The van der Waals surface area contributed by atoms with E-state index in [-0.39, 0.29) is 0 Å².